The van der Waals surface area contributed by atoms with Gasteiger partial charge < -0.3 is 0 Å². The number of allylic oxidation sites excluding steroid dienone is 2. The number of carbonyl (C=O) groups excluding carboxylic acids is 2. The lowest BCUT2D eigenvalue weighted by Crippen LogP contribution is -2.34. The highest BCUT2D eigenvalue weighted by atomic mass is 16.2. The van der Waals surface area contributed by atoms with Gasteiger partial charge in [-0.15, -0.1) is 0 Å². The lowest BCUT2D eigenvalue weighted by Gasteiger charge is -2.21. The average molecular weight is 265 g/mol. The van der Waals surface area contributed by atoms with Crippen molar-refractivity contribution in [3.05, 3.63) is 42.5 Å². The third-order valence-corrected chi connectivity index (χ3v) is 5.87. The van der Waals surface area contributed by atoms with Crippen molar-refractivity contribution in [2.75, 3.05) is 4.90 Å². The molecular weight excluding hydrogens is 250 g/mol. The summed E-state index contributed by atoms with van der Waals surface area (Å²) < 4.78 is 0. The number of hydrogen-bond acceptors (Lipinski definition) is 2. The molecule has 2 saturated carbocycles. The van der Waals surface area contributed by atoms with Gasteiger partial charge in [0, 0.05) is 0 Å². The zero-order valence-electron chi connectivity index (χ0n) is 11.0. The van der Waals surface area contributed by atoms with E-state index in [2.05, 4.69) is 12.2 Å². The van der Waals surface area contributed by atoms with Gasteiger partial charge in [0.05, 0.1) is 17.5 Å². The third kappa shape index (κ3) is 1.02. The first kappa shape index (κ1) is 10.8. The molecule has 2 bridgehead atoms. The van der Waals surface area contributed by atoms with E-state index < -0.39 is 0 Å². The highest BCUT2D eigenvalue weighted by molar-refractivity contribution is 6.23. The smallest absolute Gasteiger partial charge is 0.238 e. The van der Waals surface area contributed by atoms with E-state index in [1.165, 1.54) is 17.7 Å². The number of amides is 2. The molecule has 1 spiro atoms. The molecule has 100 valence electrons. The predicted molar refractivity (Wildman–Crippen MR) is 73.7 cm³/mol. The zero-order chi connectivity index (χ0) is 13.5. The van der Waals surface area contributed by atoms with Crippen molar-refractivity contribution >= 4 is 17.5 Å². The Hall–Kier alpha value is -1.90. The fraction of sp³-hybridized carbons (Fsp3) is 0.412. The number of imide groups is 1. The summed E-state index contributed by atoms with van der Waals surface area (Å²) in [5, 5.41) is 0. The van der Waals surface area contributed by atoms with E-state index in [1.807, 2.05) is 30.3 Å². The molecule has 1 saturated heterocycles. The standard InChI is InChI=1S/C17H15NO2/c19-15-13-11-6-7-12(17(11)8-9-17)14(13)16(20)18(15)10-4-2-1-3-5-10/h1-7,11-14H,8-9H2/t11-,12-,13-,14-/m0/s1. The maximum atomic E-state index is 12.8. The number of para-hydroxylation sites is 1. The molecule has 1 aliphatic heterocycles. The zero-order valence-corrected chi connectivity index (χ0v) is 11.0. The number of anilines is 1. The summed E-state index contributed by atoms with van der Waals surface area (Å²) in [6.07, 6.45) is 6.79. The molecule has 3 fully saturated rings. The van der Waals surface area contributed by atoms with Gasteiger partial charge in [-0.05, 0) is 42.2 Å². The molecule has 5 rings (SSSR count). The summed E-state index contributed by atoms with van der Waals surface area (Å²) >= 11 is 0. The Labute approximate surface area is 117 Å². The monoisotopic (exact) mass is 265 g/mol. The second kappa shape index (κ2) is 3.22. The van der Waals surface area contributed by atoms with Crippen molar-refractivity contribution in [2.45, 2.75) is 12.8 Å². The molecular formula is C17H15NO2. The Bertz CT molecular complexity index is 625. The first-order chi connectivity index (χ1) is 9.74. The molecule has 4 atom stereocenters. The van der Waals surface area contributed by atoms with Crippen LogP contribution in [0.15, 0.2) is 42.5 Å². The van der Waals surface area contributed by atoms with E-state index in [0.717, 1.165) is 5.69 Å². The Balaban J connectivity index is 1.60. The predicted octanol–water partition coefficient (Wildman–Crippen LogP) is 2.39. The first-order valence-corrected chi connectivity index (χ1v) is 7.35. The first-order valence-electron chi connectivity index (χ1n) is 7.35. The van der Waals surface area contributed by atoms with Crippen LogP contribution in [0.1, 0.15) is 12.8 Å². The Morgan fingerprint density at radius 2 is 1.45 bits per heavy atom. The number of hydrogen-bond donors (Lipinski definition) is 0. The van der Waals surface area contributed by atoms with Gasteiger partial charge in [-0.25, -0.2) is 0 Å². The van der Waals surface area contributed by atoms with E-state index in [9.17, 15) is 9.59 Å². The van der Waals surface area contributed by atoms with Crippen molar-refractivity contribution in [2.24, 2.45) is 29.1 Å². The van der Waals surface area contributed by atoms with Gasteiger partial charge in [0.2, 0.25) is 11.8 Å². The van der Waals surface area contributed by atoms with E-state index in [0.29, 0.717) is 11.8 Å². The molecule has 1 aromatic rings. The minimum absolute atomic E-state index is 0.0225. The molecule has 20 heavy (non-hydrogen) atoms. The van der Waals surface area contributed by atoms with Gasteiger partial charge >= 0.3 is 0 Å². The second-order valence-electron chi connectivity index (χ2n) is 6.57. The van der Waals surface area contributed by atoms with Crippen molar-refractivity contribution in [3.8, 4) is 0 Å². The quantitative estimate of drug-likeness (QED) is 0.577. The van der Waals surface area contributed by atoms with Crippen LogP contribution in [-0.2, 0) is 9.59 Å². The van der Waals surface area contributed by atoms with Crippen molar-refractivity contribution in [3.63, 3.8) is 0 Å². The fourth-order valence-corrected chi connectivity index (χ4v) is 4.91. The van der Waals surface area contributed by atoms with Crippen LogP contribution < -0.4 is 4.90 Å². The molecule has 0 aromatic heterocycles. The van der Waals surface area contributed by atoms with Gasteiger partial charge in [0.1, 0.15) is 0 Å². The highest BCUT2D eigenvalue weighted by Gasteiger charge is 2.73. The highest BCUT2D eigenvalue weighted by Crippen LogP contribution is 2.73. The van der Waals surface area contributed by atoms with Crippen LogP contribution in [0.25, 0.3) is 0 Å². The Morgan fingerprint density at radius 1 is 0.900 bits per heavy atom. The third-order valence-electron chi connectivity index (χ3n) is 5.87. The Kier molecular flexibility index (Phi) is 1.74. The number of rotatable bonds is 1. The number of benzene rings is 1. The SMILES string of the molecule is O=C1[C@@H]2[C@@H](C(=O)N1c1ccccc1)[C@@H]1C=C[C@@H]2C12CC2. The van der Waals surface area contributed by atoms with Crippen LogP contribution in [0.3, 0.4) is 0 Å². The van der Waals surface area contributed by atoms with E-state index in [1.54, 1.807) is 0 Å². The average Bonchev–Trinajstić information content (AvgIpc) is 3.06. The molecule has 0 radical (unpaired) electrons. The summed E-state index contributed by atoms with van der Waals surface area (Å²) in [6, 6.07) is 9.34. The summed E-state index contributed by atoms with van der Waals surface area (Å²) in [6.45, 7) is 0. The lowest BCUT2D eigenvalue weighted by molar-refractivity contribution is -0.123. The minimum Gasteiger partial charge on any atom is -0.274 e. The number of fused-ring (bicyclic) bond motifs is 3. The number of nitrogens with zero attached hydrogens (tertiary/aromatic N) is 1. The molecule has 0 unspecified atom stereocenters. The maximum absolute atomic E-state index is 12.8. The van der Waals surface area contributed by atoms with E-state index in [4.69, 9.17) is 0 Å². The van der Waals surface area contributed by atoms with Crippen LogP contribution in [0.2, 0.25) is 0 Å². The van der Waals surface area contributed by atoms with Crippen molar-refractivity contribution in [1.29, 1.82) is 0 Å². The topological polar surface area (TPSA) is 37.4 Å². The molecule has 3 aliphatic carbocycles. The van der Waals surface area contributed by atoms with Gasteiger partial charge in [-0.3, -0.25) is 14.5 Å². The largest absolute Gasteiger partial charge is 0.274 e. The van der Waals surface area contributed by atoms with Crippen molar-refractivity contribution in [1.82, 2.24) is 0 Å². The lowest BCUT2D eigenvalue weighted by atomic mass is 9.85. The van der Waals surface area contributed by atoms with Gasteiger partial charge in [0.15, 0.2) is 0 Å². The normalized spacial score (nSPS) is 38.9. The summed E-state index contributed by atoms with van der Waals surface area (Å²) in [5.74, 6) is 0.467. The van der Waals surface area contributed by atoms with Crippen LogP contribution >= 0.6 is 0 Å². The Morgan fingerprint density at radius 3 is 1.95 bits per heavy atom. The van der Waals surface area contributed by atoms with Gasteiger partial charge in [-0.1, -0.05) is 30.4 Å². The van der Waals surface area contributed by atoms with Crippen LogP contribution in [0.4, 0.5) is 5.69 Å². The molecule has 1 heterocycles. The van der Waals surface area contributed by atoms with Gasteiger partial charge in [-0.2, -0.15) is 0 Å². The maximum Gasteiger partial charge on any atom is 0.238 e. The van der Waals surface area contributed by atoms with Crippen LogP contribution in [0, 0.1) is 29.1 Å². The number of carbonyl (C=O) groups is 2. The van der Waals surface area contributed by atoms with Crippen molar-refractivity contribution < 1.29 is 9.59 Å². The summed E-state index contributed by atoms with van der Waals surface area (Å²) in [4.78, 5) is 27.0. The minimum atomic E-state index is -0.0970. The molecule has 3 heteroatoms. The fourth-order valence-electron chi connectivity index (χ4n) is 4.91. The van der Waals surface area contributed by atoms with E-state index >= 15 is 0 Å². The molecule has 3 nitrogen and oxygen atoms in total. The molecule has 4 aliphatic rings. The summed E-state index contributed by atoms with van der Waals surface area (Å²) in [7, 11) is 0. The summed E-state index contributed by atoms with van der Waals surface area (Å²) in [5.41, 5.74) is 1.00. The van der Waals surface area contributed by atoms with Crippen LogP contribution in [0.5, 0.6) is 0 Å². The molecule has 0 N–H and O–H groups in total. The molecule has 1 aromatic carbocycles. The second-order valence-corrected chi connectivity index (χ2v) is 6.57. The van der Waals surface area contributed by atoms with Gasteiger partial charge in [0.25, 0.3) is 0 Å². The van der Waals surface area contributed by atoms with Crippen LogP contribution in [-0.4, -0.2) is 11.8 Å². The van der Waals surface area contributed by atoms with E-state index in [-0.39, 0.29) is 29.1 Å². The molecule has 2 amide bonds.